The van der Waals surface area contributed by atoms with Crippen molar-refractivity contribution in [2.45, 2.75) is 32.1 Å². The van der Waals surface area contributed by atoms with Crippen LogP contribution >= 0.6 is 0 Å². The highest BCUT2D eigenvalue weighted by molar-refractivity contribution is 5.77. The largest absolute Gasteiger partial charge is 0.367 e. The molecule has 0 unspecified atom stereocenters. The van der Waals surface area contributed by atoms with E-state index in [1.54, 1.807) is 6.07 Å². The number of benzene rings is 1. The fourth-order valence-electron chi connectivity index (χ4n) is 3.79. The molecule has 1 aliphatic carbocycles. The van der Waals surface area contributed by atoms with Crippen LogP contribution in [0.15, 0.2) is 18.2 Å². The molecule has 7 heteroatoms. The van der Waals surface area contributed by atoms with Crippen molar-refractivity contribution in [1.82, 2.24) is 4.90 Å². The summed E-state index contributed by atoms with van der Waals surface area (Å²) < 4.78 is 0. The maximum Gasteiger partial charge on any atom is 0.270 e. The van der Waals surface area contributed by atoms with E-state index in [-0.39, 0.29) is 11.6 Å². The SMILES string of the molecule is N#Cc1cc([N+](=O)[O-])ccc1N1CCN(C(=O)CC2CCCC2)CC1. The molecule has 0 aromatic heterocycles. The zero-order chi connectivity index (χ0) is 17.8. The first-order valence-corrected chi connectivity index (χ1v) is 8.79. The van der Waals surface area contributed by atoms with Crippen LogP contribution in [-0.2, 0) is 4.79 Å². The number of nitro benzene ring substituents is 1. The minimum atomic E-state index is -0.496. The van der Waals surface area contributed by atoms with Crippen molar-refractivity contribution in [2.24, 2.45) is 5.92 Å². The van der Waals surface area contributed by atoms with Crippen LogP contribution in [0.25, 0.3) is 0 Å². The van der Waals surface area contributed by atoms with Gasteiger partial charge in [0.05, 0.1) is 16.2 Å². The Bertz CT molecular complexity index is 699. The van der Waals surface area contributed by atoms with Crippen molar-refractivity contribution >= 4 is 17.3 Å². The molecular formula is C18H22N4O3. The van der Waals surface area contributed by atoms with Crippen molar-refractivity contribution in [3.05, 3.63) is 33.9 Å². The molecule has 1 aliphatic heterocycles. The number of amides is 1. The number of hydrogen-bond donors (Lipinski definition) is 0. The fourth-order valence-corrected chi connectivity index (χ4v) is 3.79. The molecule has 25 heavy (non-hydrogen) atoms. The summed E-state index contributed by atoms with van der Waals surface area (Å²) in [5.41, 5.74) is 0.932. The van der Waals surface area contributed by atoms with E-state index >= 15 is 0 Å². The number of rotatable bonds is 4. The van der Waals surface area contributed by atoms with Gasteiger partial charge in [-0.15, -0.1) is 0 Å². The molecule has 1 saturated heterocycles. The van der Waals surface area contributed by atoms with Gasteiger partial charge in [-0.3, -0.25) is 14.9 Å². The number of nitrogens with zero attached hydrogens (tertiary/aromatic N) is 4. The molecule has 0 spiro atoms. The lowest BCUT2D eigenvalue weighted by molar-refractivity contribution is -0.384. The molecule has 3 rings (SSSR count). The normalized spacial score (nSPS) is 18.2. The Morgan fingerprint density at radius 1 is 1.24 bits per heavy atom. The highest BCUT2D eigenvalue weighted by Crippen LogP contribution is 2.29. The summed E-state index contributed by atoms with van der Waals surface area (Å²) in [6.45, 7) is 2.55. The Balaban J connectivity index is 1.61. The van der Waals surface area contributed by atoms with Crippen LogP contribution in [0.1, 0.15) is 37.7 Å². The third-order valence-electron chi connectivity index (χ3n) is 5.22. The van der Waals surface area contributed by atoms with Crippen molar-refractivity contribution in [1.29, 1.82) is 5.26 Å². The molecule has 1 aromatic carbocycles. The summed E-state index contributed by atoms with van der Waals surface area (Å²) in [6, 6.07) is 6.41. The standard InChI is InChI=1S/C18H22N4O3/c19-13-15-12-16(22(24)25)5-6-17(15)20-7-9-21(10-8-20)18(23)11-14-3-1-2-4-14/h5-6,12,14H,1-4,7-11H2. The summed E-state index contributed by atoms with van der Waals surface area (Å²) >= 11 is 0. The van der Waals surface area contributed by atoms with Crippen molar-refractivity contribution < 1.29 is 9.72 Å². The van der Waals surface area contributed by atoms with Gasteiger partial charge in [-0.05, 0) is 24.8 Å². The van der Waals surface area contributed by atoms with Gasteiger partial charge in [0.1, 0.15) is 6.07 Å². The lowest BCUT2D eigenvalue weighted by Crippen LogP contribution is -2.49. The molecule has 0 bridgehead atoms. The van der Waals surface area contributed by atoms with Crippen molar-refractivity contribution in [3.63, 3.8) is 0 Å². The maximum absolute atomic E-state index is 12.4. The summed E-state index contributed by atoms with van der Waals surface area (Å²) in [5.74, 6) is 0.779. The molecule has 0 N–H and O–H groups in total. The van der Waals surface area contributed by atoms with E-state index in [4.69, 9.17) is 0 Å². The predicted molar refractivity (Wildman–Crippen MR) is 93.2 cm³/mol. The van der Waals surface area contributed by atoms with Crippen LogP contribution in [0.2, 0.25) is 0 Å². The monoisotopic (exact) mass is 342 g/mol. The minimum Gasteiger partial charge on any atom is -0.367 e. The number of hydrogen-bond acceptors (Lipinski definition) is 5. The van der Waals surface area contributed by atoms with Crippen LogP contribution in [0.5, 0.6) is 0 Å². The molecule has 1 heterocycles. The summed E-state index contributed by atoms with van der Waals surface area (Å²) in [7, 11) is 0. The lowest BCUT2D eigenvalue weighted by atomic mass is 10.0. The first kappa shape index (κ1) is 17.2. The van der Waals surface area contributed by atoms with Gasteiger partial charge in [-0.25, -0.2) is 0 Å². The Morgan fingerprint density at radius 3 is 2.52 bits per heavy atom. The number of nitro groups is 1. The highest BCUT2D eigenvalue weighted by atomic mass is 16.6. The number of anilines is 1. The van der Waals surface area contributed by atoms with Crippen LogP contribution in [0.3, 0.4) is 0 Å². The molecule has 2 aliphatic rings. The van der Waals surface area contributed by atoms with Gasteiger partial charge in [0.25, 0.3) is 5.69 Å². The van der Waals surface area contributed by atoms with Gasteiger partial charge in [0.15, 0.2) is 0 Å². The number of carbonyl (C=O) groups is 1. The zero-order valence-corrected chi connectivity index (χ0v) is 14.2. The molecule has 1 saturated carbocycles. The van der Waals surface area contributed by atoms with E-state index < -0.39 is 4.92 Å². The smallest absolute Gasteiger partial charge is 0.270 e. The van der Waals surface area contributed by atoms with E-state index in [9.17, 15) is 20.2 Å². The molecule has 0 atom stereocenters. The number of non-ortho nitro benzene ring substituents is 1. The molecule has 132 valence electrons. The average Bonchev–Trinajstić information content (AvgIpc) is 3.14. The van der Waals surface area contributed by atoms with E-state index in [0.717, 1.165) is 0 Å². The first-order chi connectivity index (χ1) is 12.1. The fraction of sp³-hybridized carbons (Fsp3) is 0.556. The molecular weight excluding hydrogens is 320 g/mol. The van der Waals surface area contributed by atoms with Gasteiger partial charge in [0, 0.05) is 44.7 Å². The third kappa shape index (κ3) is 3.90. The lowest BCUT2D eigenvalue weighted by Gasteiger charge is -2.36. The quantitative estimate of drug-likeness (QED) is 0.620. The summed E-state index contributed by atoms with van der Waals surface area (Å²) in [6.07, 6.45) is 5.46. The van der Waals surface area contributed by atoms with E-state index in [2.05, 4.69) is 0 Å². The van der Waals surface area contributed by atoms with Crippen LogP contribution < -0.4 is 4.90 Å². The van der Waals surface area contributed by atoms with Gasteiger partial charge in [-0.1, -0.05) is 12.8 Å². The highest BCUT2D eigenvalue weighted by Gasteiger charge is 2.26. The number of carbonyl (C=O) groups excluding carboxylic acids is 1. The molecule has 2 fully saturated rings. The van der Waals surface area contributed by atoms with E-state index in [1.807, 2.05) is 15.9 Å². The average molecular weight is 342 g/mol. The first-order valence-electron chi connectivity index (χ1n) is 8.79. The zero-order valence-electron chi connectivity index (χ0n) is 14.2. The Kier molecular flexibility index (Phi) is 5.17. The van der Waals surface area contributed by atoms with E-state index in [0.29, 0.717) is 49.8 Å². The van der Waals surface area contributed by atoms with E-state index in [1.165, 1.54) is 37.8 Å². The van der Waals surface area contributed by atoms with Gasteiger partial charge < -0.3 is 9.80 Å². The Labute approximate surface area is 147 Å². The molecule has 7 nitrogen and oxygen atoms in total. The Morgan fingerprint density at radius 2 is 1.92 bits per heavy atom. The van der Waals surface area contributed by atoms with Crippen LogP contribution in [-0.4, -0.2) is 41.9 Å². The van der Waals surface area contributed by atoms with Crippen molar-refractivity contribution in [3.8, 4) is 6.07 Å². The number of nitriles is 1. The minimum absolute atomic E-state index is 0.0781. The second-order valence-corrected chi connectivity index (χ2v) is 6.79. The summed E-state index contributed by atoms with van der Waals surface area (Å²) in [4.78, 5) is 26.7. The second-order valence-electron chi connectivity index (χ2n) is 6.79. The maximum atomic E-state index is 12.4. The van der Waals surface area contributed by atoms with Gasteiger partial charge in [0.2, 0.25) is 5.91 Å². The number of piperazine rings is 1. The topological polar surface area (TPSA) is 90.5 Å². The van der Waals surface area contributed by atoms with Crippen molar-refractivity contribution in [2.75, 3.05) is 31.1 Å². The third-order valence-corrected chi connectivity index (χ3v) is 5.22. The van der Waals surface area contributed by atoms with Gasteiger partial charge >= 0.3 is 0 Å². The Hall–Kier alpha value is -2.62. The predicted octanol–water partition coefficient (Wildman–Crippen LogP) is 2.70. The molecule has 1 aromatic rings. The van der Waals surface area contributed by atoms with Gasteiger partial charge in [-0.2, -0.15) is 5.26 Å². The second kappa shape index (κ2) is 7.51. The van der Waals surface area contributed by atoms with Crippen LogP contribution in [0.4, 0.5) is 11.4 Å². The molecule has 1 amide bonds. The molecule has 0 radical (unpaired) electrons. The summed E-state index contributed by atoms with van der Waals surface area (Å²) in [5, 5.41) is 20.1. The van der Waals surface area contributed by atoms with Crippen LogP contribution in [0, 0.1) is 27.4 Å².